The lowest BCUT2D eigenvalue weighted by molar-refractivity contribution is -0.115. The second-order valence-electron chi connectivity index (χ2n) is 4.99. The van der Waals surface area contributed by atoms with Crippen LogP contribution in [0.15, 0.2) is 34.4 Å². The Morgan fingerprint density at radius 1 is 1.48 bits per heavy atom. The number of anilines is 1. The Bertz CT molecular complexity index is 595. The summed E-state index contributed by atoms with van der Waals surface area (Å²) in [5.41, 5.74) is 2.13. The van der Waals surface area contributed by atoms with Crippen LogP contribution in [-0.4, -0.2) is 18.9 Å². The molecule has 0 spiro atoms. The molecule has 0 saturated carbocycles. The zero-order chi connectivity index (χ0) is 15.4. The van der Waals surface area contributed by atoms with Gasteiger partial charge in [-0.2, -0.15) is 0 Å². The highest BCUT2D eigenvalue weighted by molar-refractivity contribution is 9.10. The first-order chi connectivity index (χ1) is 10.1. The Kier molecular flexibility index (Phi) is 5.17. The third kappa shape index (κ3) is 3.53. The topological polar surface area (TPSA) is 55.4 Å². The first kappa shape index (κ1) is 15.8. The molecule has 0 aromatic heterocycles. The molecule has 1 aromatic rings. The van der Waals surface area contributed by atoms with E-state index in [2.05, 4.69) is 28.2 Å². The molecule has 0 amide bonds. The van der Waals surface area contributed by atoms with E-state index in [4.69, 9.17) is 4.74 Å². The summed E-state index contributed by atoms with van der Waals surface area (Å²) in [6, 6.07) is 5.34. The van der Waals surface area contributed by atoms with Crippen molar-refractivity contribution in [3.05, 3.63) is 40.0 Å². The first-order valence-electron chi connectivity index (χ1n) is 6.95. The van der Waals surface area contributed by atoms with Gasteiger partial charge in [0.25, 0.3) is 0 Å². The molecule has 2 rings (SSSR count). The molecule has 4 nitrogen and oxygen atoms in total. The average Bonchev–Trinajstić information content (AvgIpc) is 2.49. The van der Waals surface area contributed by atoms with Crippen LogP contribution in [0.1, 0.15) is 36.5 Å². The molecule has 1 aromatic carbocycles. The molecule has 0 aliphatic heterocycles. The molecule has 112 valence electrons. The molecular weight excluding hydrogens is 334 g/mol. The summed E-state index contributed by atoms with van der Waals surface area (Å²) in [6.45, 7) is 2.11. The summed E-state index contributed by atoms with van der Waals surface area (Å²) in [5.74, 6) is 0.0881. The van der Waals surface area contributed by atoms with E-state index in [0.717, 1.165) is 24.2 Å². The highest BCUT2D eigenvalue weighted by Gasteiger charge is 2.21. The molecule has 21 heavy (non-hydrogen) atoms. The fraction of sp³-hybridized carbons (Fsp3) is 0.375. The highest BCUT2D eigenvalue weighted by Crippen LogP contribution is 2.32. The van der Waals surface area contributed by atoms with Gasteiger partial charge in [-0.3, -0.25) is 4.79 Å². The van der Waals surface area contributed by atoms with Crippen molar-refractivity contribution in [1.82, 2.24) is 0 Å². The van der Waals surface area contributed by atoms with Crippen LogP contribution >= 0.6 is 15.9 Å². The predicted molar refractivity (Wildman–Crippen MR) is 85.2 cm³/mol. The van der Waals surface area contributed by atoms with Crippen LogP contribution in [0.25, 0.3) is 0 Å². The number of hydrogen-bond donors (Lipinski definition) is 1. The number of hydrogen-bond acceptors (Lipinski definition) is 4. The van der Waals surface area contributed by atoms with E-state index in [0.29, 0.717) is 22.4 Å². The molecule has 5 heteroatoms. The summed E-state index contributed by atoms with van der Waals surface area (Å²) >= 11 is 3.43. The van der Waals surface area contributed by atoms with Crippen LogP contribution in [0.5, 0.6) is 0 Å². The second kappa shape index (κ2) is 6.89. The van der Waals surface area contributed by atoms with Gasteiger partial charge < -0.3 is 10.1 Å². The van der Waals surface area contributed by atoms with Crippen LogP contribution in [0.4, 0.5) is 5.69 Å². The average molecular weight is 352 g/mol. The Morgan fingerprint density at radius 2 is 2.24 bits per heavy atom. The van der Waals surface area contributed by atoms with Crippen LogP contribution in [-0.2, 0) is 9.53 Å². The van der Waals surface area contributed by atoms with E-state index in [1.165, 1.54) is 7.11 Å². The van der Waals surface area contributed by atoms with Crippen molar-refractivity contribution in [2.45, 2.75) is 26.2 Å². The van der Waals surface area contributed by atoms with Gasteiger partial charge in [0.15, 0.2) is 5.78 Å². The molecule has 1 aliphatic rings. The van der Waals surface area contributed by atoms with E-state index in [1.54, 1.807) is 18.2 Å². The number of ketones is 1. The summed E-state index contributed by atoms with van der Waals surface area (Å²) < 4.78 is 5.40. The number of allylic oxidation sites excluding steroid dienone is 2. The van der Waals surface area contributed by atoms with Crippen LogP contribution in [0.2, 0.25) is 0 Å². The molecule has 1 N–H and O–H groups in total. The maximum atomic E-state index is 11.7. The SMILES string of the molecule is CCC1CCC(=O)C=C1Nc1cccc(C(=O)OC)c1Br. The van der Waals surface area contributed by atoms with Crippen LogP contribution < -0.4 is 5.32 Å². The van der Waals surface area contributed by atoms with E-state index < -0.39 is 5.97 Å². The number of esters is 1. The van der Waals surface area contributed by atoms with Crippen molar-refractivity contribution in [2.24, 2.45) is 5.92 Å². The van der Waals surface area contributed by atoms with Gasteiger partial charge >= 0.3 is 5.97 Å². The summed E-state index contributed by atoms with van der Waals surface area (Å²) in [5, 5.41) is 3.29. The lowest BCUT2D eigenvalue weighted by Gasteiger charge is -2.24. The maximum Gasteiger partial charge on any atom is 0.339 e. The summed E-state index contributed by atoms with van der Waals surface area (Å²) in [4.78, 5) is 23.3. The number of rotatable bonds is 4. The van der Waals surface area contributed by atoms with E-state index in [-0.39, 0.29) is 5.78 Å². The number of halogens is 1. The lowest BCUT2D eigenvalue weighted by Crippen LogP contribution is -2.19. The van der Waals surface area contributed by atoms with E-state index >= 15 is 0 Å². The van der Waals surface area contributed by atoms with Gasteiger partial charge in [0.2, 0.25) is 0 Å². The zero-order valence-corrected chi connectivity index (χ0v) is 13.7. The molecule has 0 heterocycles. The summed E-state index contributed by atoms with van der Waals surface area (Å²) in [7, 11) is 1.35. The van der Waals surface area contributed by atoms with Crippen molar-refractivity contribution in [2.75, 3.05) is 12.4 Å². The van der Waals surface area contributed by atoms with Gasteiger partial charge in [0.1, 0.15) is 0 Å². The third-order valence-electron chi connectivity index (χ3n) is 3.67. The molecule has 0 radical (unpaired) electrons. The Balaban J connectivity index is 2.31. The number of nitrogens with one attached hydrogen (secondary N) is 1. The van der Waals surface area contributed by atoms with Crippen molar-refractivity contribution in [3.63, 3.8) is 0 Å². The lowest BCUT2D eigenvalue weighted by atomic mass is 9.89. The number of carbonyl (C=O) groups is 2. The van der Waals surface area contributed by atoms with E-state index in [1.807, 2.05) is 6.07 Å². The fourth-order valence-corrected chi connectivity index (χ4v) is 2.97. The minimum Gasteiger partial charge on any atom is -0.465 e. The Labute approximate surface area is 132 Å². The largest absolute Gasteiger partial charge is 0.465 e. The zero-order valence-electron chi connectivity index (χ0n) is 12.1. The number of ether oxygens (including phenoxy) is 1. The third-order valence-corrected chi connectivity index (χ3v) is 4.53. The minimum absolute atomic E-state index is 0.141. The predicted octanol–water partition coefficient (Wildman–Crippen LogP) is 3.92. The molecule has 1 aliphatic carbocycles. The number of benzene rings is 1. The monoisotopic (exact) mass is 351 g/mol. The highest BCUT2D eigenvalue weighted by atomic mass is 79.9. The Morgan fingerprint density at radius 3 is 2.90 bits per heavy atom. The van der Waals surface area contributed by atoms with Crippen molar-refractivity contribution in [3.8, 4) is 0 Å². The Hall–Kier alpha value is -1.62. The quantitative estimate of drug-likeness (QED) is 0.835. The van der Waals surface area contributed by atoms with Crippen molar-refractivity contribution < 1.29 is 14.3 Å². The number of carbonyl (C=O) groups excluding carboxylic acids is 2. The van der Waals surface area contributed by atoms with E-state index in [9.17, 15) is 9.59 Å². The molecule has 1 unspecified atom stereocenters. The second-order valence-corrected chi connectivity index (χ2v) is 5.79. The standard InChI is InChI=1S/C16H18BrNO3/c1-3-10-7-8-11(19)9-14(10)18-13-6-4-5-12(15(13)17)16(20)21-2/h4-6,9-10,18H,3,7-8H2,1-2H3. The molecule has 0 bridgehead atoms. The van der Waals surface area contributed by atoms with Gasteiger partial charge in [0, 0.05) is 18.2 Å². The maximum absolute atomic E-state index is 11.7. The summed E-state index contributed by atoms with van der Waals surface area (Å²) in [6.07, 6.45) is 4.12. The smallest absolute Gasteiger partial charge is 0.339 e. The minimum atomic E-state index is -0.397. The number of methoxy groups -OCH3 is 1. The van der Waals surface area contributed by atoms with Gasteiger partial charge in [-0.05, 0) is 46.8 Å². The molecule has 1 atom stereocenters. The normalized spacial score (nSPS) is 18.1. The molecular formula is C16H18BrNO3. The van der Waals surface area contributed by atoms with Crippen molar-refractivity contribution in [1.29, 1.82) is 0 Å². The van der Waals surface area contributed by atoms with Crippen molar-refractivity contribution >= 4 is 33.4 Å². The molecule has 0 fully saturated rings. The fourth-order valence-electron chi connectivity index (χ4n) is 2.45. The molecule has 0 saturated heterocycles. The van der Waals surface area contributed by atoms with Crippen LogP contribution in [0, 0.1) is 5.92 Å². The van der Waals surface area contributed by atoms with Gasteiger partial charge in [-0.25, -0.2) is 4.79 Å². The van der Waals surface area contributed by atoms with Gasteiger partial charge in [0.05, 0.1) is 22.8 Å². The van der Waals surface area contributed by atoms with Gasteiger partial charge in [-0.15, -0.1) is 0 Å². The van der Waals surface area contributed by atoms with Crippen LogP contribution in [0.3, 0.4) is 0 Å². The van der Waals surface area contributed by atoms with Gasteiger partial charge in [-0.1, -0.05) is 13.0 Å². The first-order valence-corrected chi connectivity index (χ1v) is 7.74.